The molecule has 2 heterocycles. The highest BCUT2D eigenvalue weighted by Crippen LogP contribution is 2.41. The fourth-order valence-corrected chi connectivity index (χ4v) is 6.11. The van der Waals surface area contributed by atoms with Crippen LogP contribution in [0.4, 0.5) is 0 Å². The van der Waals surface area contributed by atoms with E-state index in [9.17, 15) is 9.32 Å². The maximum Gasteiger partial charge on any atom is 0.0670 e. The molecule has 2 unspecified atom stereocenters. The van der Waals surface area contributed by atoms with Crippen LogP contribution >= 0.6 is 0 Å². The lowest BCUT2D eigenvalue weighted by Gasteiger charge is -2.43. The summed E-state index contributed by atoms with van der Waals surface area (Å²) in [5.74, 6) is 0. The number of rotatable bonds is 7. The zero-order chi connectivity index (χ0) is 13.7. The van der Waals surface area contributed by atoms with Crippen molar-refractivity contribution < 1.29 is 9.32 Å². The summed E-state index contributed by atoms with van der Waals surface area (Å²) in [7, 11) is -0.654. The number of hydrogen-bond donors (Lipinski definition) is 1. The van der Waals surface area contributed by atoms with Crippen LogP contribution in [0.15, 0.2) is 0 Å². The Bertz CT molecular complexity index is 287. The van der Waals surface area contributed by atoms with Crippen molar-refractivity contribution in [1.82, 2.24) is 0 Å². The third-order valence-corrected chi connectivity index (χ3v) is 7.04. The predicted octanol–water partition coefficient (Wildman–Crippen LogP) is 3.93. The zero-order valence-corrected chi connectivity index (χ0v) is 13.2. The average Bonchev–Trinajstić information content (AvgIpc) is 2.36. The van der Waals surface area contributed by atoms with Crippen molar-refractivity contribution in [3.63, 3.8) is 0 Å². The first-order valence-corrected chi connectivity index (χ1v) is 9.54. The Morgan fingerprint density at radius 3 is 2.26 bits per heavy atom. The van der Waals surface area contributed by atoms with E-state index >= 15 is 0 Å². The molecule has 0 amide bonds. The third kappa shape index (κ3) is 4.29. The molecule has 0 spiro atoms. The van der Waals surface area contributed by atoms with Crippen molar-refractivity contribution in [2.24, 2.45) is 0 Å². The summed E-state index contributed by atoms with van der Waals surface area (Å²) in [4.78, 5) is 0. The van der Waals surface area contributed by atoms with E-state index in [1.165, 1.54) is 38.5 Å². The molecular formula is C16H30O2S. The van der Waals surface area contributed by atoms with E-state index in [0.29, 0.717) is 0 Å². The molecule has 0 aromatic carbocycles. The van der Waals surface area contributed by atoms with Gasteiger partial charge in [0.05, 0.1) is 5.60 Å². The van der Waals surface area contributed by atoms with Gasteiger partial charge in [0.1, 0.15) is 0 Å². The fourth-order valence-electron chi connectivity index (χ4n) is 3.82. The van der Waals surface area contributed by atoms with E-state index in [4.69, 9.17) is 0 Å². The highest BCUT2D eigenvalue weighted by Gasteiger charge is 2.44. The quantitative estimate of drug-likeness (QED) is 0.720. The Labute approximate surface area is 120 Å². The molecule has 2 atom stereocenters. The van der Waals surface area contributed by atoms with Gasteiger partial charge < -0.3 is 5.11 Å². The molecule has 2 aliphatic rings. The van der Waals surface area contributed by atoms with Crippen LogP contribution in [0.3, 0.4) is 0 Å². The molecule has 0 aromatic heterocycles. The molecule has 2 saturated heterocycles. The van der Waals surface area contributed by atoms with Gasteiger partial charge in [-0.05, 0) is 32.1 Å². The molecule has 112 valence electrons. The highest BCUT2D eigenvalue weighted by atomic mass is 32.2. The molecule has 19 heavy (non-hydrogen) atoms. The Morgan fingerprint density at radius 2 is 1.63 bits per heavy atom. The van der Waals surface area contributed by atoms with E-state index in [1.807, 2.05) is 0 Å². The minimum absolute atomic E-state index is 0.289. The second-order valence-corrected chi connectivity index (χ2v) is 8.64. The molecule has 1 N–H and O–H groups in total. The van der Waals surface area contributed by atoms with Crippen LogP contribution in [-0.4, -0.2) is 25.4 Å². The largest absolute Gasteiger partial charge is 0.390 e. The molecule has 0 aromatic rings. The topological polar surface area (TPSA) is 37.3 Å². The lowest BCUT2D eigenvalue weighted by Crippen LogP contribution is -2.48. The van der Waals surface area contributed by atoms with Crippen molar-refractivity contribution in [3.05, 3.63) is 0 Å². The number of aliphatic hydroxyl groups is 1. The van der Waals surface area contributed by atoms with Crippen LogP contribution < -0.4 is 0 Å². The molecule has 2 nitrogen and oxygen atoms in total. The summed E-state index contributed by atoms with van der Waals surface area (Å²) in [5, 5.41) is 11.3. The van der Waals surface area contributed by atoms with Gasteiger partial charge in [0, 0.05) is 21.3 Å². The highest BCUT2D eigenvalue weighted by molar-refractivity contribution is 7.86. The van der Waals surface area contributed by atoms with Crippen LogP contribution in [0.2, 0.25) is 0 Å². The van der Waals surface area contributed by atoms with Crippen LogP contribution in [0.5, 0.6) is 0 Å². The van der Waals surface area contributed by atoms with E-state index in [2.05, 4.69) is 6.92 Å². The lowest BCUT2D eigenvalue weighted by atomic mass is 9.82. The molecule has 2 aliphatic heterocycles. The first-order valence-electron chi connectivity index (χ1n) is 8.26. The summed E-state index contributed by atoms with van der Waals surface area (Å²) in [6, 6.07) is 0. The maximum atomic E-state index is 12.1. The molecule has 0 saturated carbocycles. The lowest BCUT2D eigenvalue weighted by molar-refractivity contribution is 0.000872. The third-order valence-electron chi connectivity index (χ3n) is 4.92. The number of fused-ring (bicyclic) bond motifs is 2. The predicted molar refractivity (Wildman–Crippen MR) is 81.7 cm³/mol. The summed E-state index contributed by atoms with van der Waals surface area (Å²) in [5.41, 5.74) is -0.492. The first-order chi connectivity index (χ1) is 9.14. The molecule has 0 aliphatic carbocycles. The summed E-state index contributed by atoms with van der Waals surface area (Å²) in [6.07, 6.45) is 13.6. The molecule has 2 rings (SSSR count). The Morgan fingerprint density at radius 1 is 1.05 bits per heavy atom. The van der Waals surface area contributed by atoms with Gasteiger partial charge in [-0.15, -0.1) is 0 Å². The van der Waals surface area contributed by atoms with Gasteiger partial charge in [-0.3, -0.25) is 4.21 Å². The summed E-state index contributed by atoms with van der Waals surface area (Å²) < 4.78 is 12.1. The van der Waals surface area contributed by atoms with Crippen molar-refractivity contribution >= 4 is 10.8 Å². The van der Waals surface area contributed by atoms with Gasteiger partial charge in [-0.2, -0.15) is 0 Å². The maximum absolute atomic E-state index is 12.1. The Kier molecular flexibility index (Phi) is 5.88. The second-order valence-electron chi connectivity index (χ2n) is 6.65. The molecule has 3 heteroatoms. The van der Waals surface area contributed by atoms with Crippen molar-refractivity contribution in [2.45, 2.75) is 100 Å². The minimum Gasteiger partial charge on any atom is -0.390 e. The molecule has 0 radical (unpaired) electrons. The smallest absolute Gasteiger partial charge is 0.0670 e. The van der Waals surface area contributed by atoms with Crippen molar-refractivity contribution in [2.75, 3.05) is 0 Å². The van der Waals surface area contributed by atoms with E-state index in [-0.39, 0.29) is 10.5 Å². The Hall–Kier alpha value is 0.110. The van der Waals surface area contributed by atoms with E-state index in [1.54, 1.807) is 0 Å². The fraction of sp³-hybridized carbons (Fsp3) is 1.00. The van der Waals surface area contributed by atoms with Crippen molar-refractivity contribution in [1.29, 1.82) is 0 Å². The average molecular weight is 286 g/mol. The SMILES string of the molecule is CCCCCCCCC1(O)CC2CCCC(C1)S2=O. The first kappa shape index (κ1) is 15.5. The summed E-state index contributed by atoms with van der Waals surface area (Å²) >= 11 is 0. The van der Waals surface area contributed by atoms with E-state index in [0.717, 1.165) is 38.5 Å². The van der Waals surface area contributed by atoms with Crippen LogP contribution in [0.1, 0.15) is 84.0 Å². The normalized spacial score (nSPS) is 38.3. The van der Waals surface area contributed by atoms with E-state index < -0.39 is 16.4 Å². The molecule has 2 bridgehead atoms. The minimum atomic E-state index is -0.654. The monoisotopic (exact) mass is 286 g/mol. The van der Waals surface area contributed by atoms with Gasteiger partial charge in [0.15, 0.2) is 0 Å². The Balaban J connectivity index is 1.72. The standard InChI is InChI=1S/C16H30O2S/c1-2-3-4-5-6-7-11-16(17)12-14-9-8-10-15(13-16)19(14)18/h14-15,17H,2-13H2,1H3. The van der Waals surface area contributed by atoms with Crippen LogP contribution in [0.25, 0.3) is 0 Å². The molecular weight excluding hydrogens is 256 g/mol. The van der Waals surface area contributed by atoms with Gasteiger partial charge in [0.2, 0.25) is 0 Å². The molecule has 2 fully saturated rings. The zero-order valence-electron chi connectivity index (χ0n) is 12.4. The van der Waals surface area contributed by atoms with Gasteiger partial charge in [0.25, 0.3) is 0 Å². The van der Waals surface area contributed by atoms with Crippen LogP contribution in [0, 0.1) is 0 Å². The van der Waals surface area contributed by atoms with Crippen molar-refractivity contribution in [3.8, 4) is 0 Å². The second kappa shape index (κ2) is 7.21. The van der Waals surface area contributed by atoms with Gasteiger partial charge >= 0.3 is 0 Å². The van der Waals surface area contributed by atoms with Gasteiger partial charge in [-0.1, -0.05) is 51.9 Å². The summed E-state index contributed by atoms with van der Waals surface area (Å²) in [6.45, 7) is 2.24. The number of unbranched alkanes of at least 4 members (excludes halogenated alkanes) is 5. The number of hydrogen-bond acceptors (Lipinski definition) is 2. The van der Waals surface area contributed by atoms with Gasteiger partial charge in [-0.25, -0.2) is 0 Å². The van der Waals surface area contributed by atoms with Crippen LogP contribution in [-0.2, 0) is 10.8 Å².